The van der Waals surface area contributed by atoms with Crippen LogP contribution in [0.5, 0.6) is 0 Å². The Bertz CT molecular complexity index is 446. The third-order valence-electron chi connectivity index (χ3n) is 3.47. The summed E-state index contributed by atoms with van der Waals surface area (Å²) in [5, 5.41) is 6.29. The minimum Gasteiger partial charge on any atom is -0.384 e. The molecule has 110 valence electrons. The van der Waals surface area contributed by atoms with Crippen molar-refractivity contribution < 1.29 is 9.53 Å². The van der Waals surface area contributed by atoms with Crippen molar-refractivity contribution in [3.63, 3.8) is 0 Å². The molecule has 0 bridgehead atoms. The summed E-state index contributed by atoms with van der Waals surface area (Å²) in [6.45, 7) is 6.25. The number of benzene rings is 1. The number of anilines is 1. The normalized spacial score (nSPS) is 16.9. The van der Waals surface area contributed by atoms with Crippen molar-refractivity contribution in [2.75, 3.05) is 25.0 Å². The monoisotopic (exact) mass is 276 g/mol. The van der Waals surface area contributed by atoms with Crippen molar-refractivity contribution in [3.05, 3.63) is 29.8 Å². The molecule has 1 aliphatic heterocycles. The molecule has 0 spiro atoms. The van der Waals surface area contributed by atoms with E-state index in [4.69, 9.17) is 4.74 Å². The number of para-hydroxylation sites is 1. The van der Waals surface area contributed by atoms with Crippen LogP contribution in [0.15, 0.2) is 24.3 Å². The summed E-state index contributed by atoms with van der Waals surface area (Å²) in [6, 6.07) is 8.01. The van der Waals surface area contributed by atoms with E-state index in [1.54, 1.807) is 0 Å². The lowest BCUT2D eigenvalue weighted by atomic mass is 10.0. The Kier molecular flexibility index (Phi) is 5.41. The van der Waals surface area contributed by atoms with Crippen molar-refractivity contribution in [1.82, 2.24) is 5.32 Å². The van der Waals surface area contributed by atoms with Gasteiger partial charge in [-0.25, -0.2) is 0 Å². The topological polar surface area (TPSA) is 50.4 Å². The molecule has 1 amide bonds. The maximum absolute atomic E-state index is 12.2. The smallest absolute Gasteiger partial charge is 0.229 e. The predicted molar refractivity (Wildman–Crippen MR) is 81.0 cm³/mol. The fourth-order valence-corrected chi connectivity index (χ4v) is 2.40. The Morgan fingerprint density at radius 3 is 3.00 bits per heavy atom. The predicted octanol–water partition coefficient (Wildman–Crippen LogP) is 2.52. The van der Waals surface area contributed by atoms with Crippen molar-refractivity contribution in [3.8, 4) is 0 Å². The van der Waals surface area contributed by atoms with Crippen molar-refractivity contribution in [1.29, 1.82) is 0 Å². The Morgan fingerprint density at radius 2 is 2.20 bits per heavy atom. The van der Waals surface area contributed by atoms with E-state index in [1.807, 2.05) is 38.1 Å². The first-order valence-electron chi connectivity index (χ1n) is 7.40. The largest absolute Gasteiger partial charge is 0.384 e. The molecule has 1 aliphatic rings. The molecule has 1 aromatic rings. The second-order valence-corrected chi connectivity index (χ2v) is 5.44. The number of carbonyl (C=O) groups is 1. The van der Waals surface area contributed by atoms with Crippen LogP contribution in [0.3, 0.4) is 0 Å². The summed E-state index contributed by atoms with van der Waals surface area (Å²) in [6.07, 6.45) is 2.23. The molecule has 0 aliphatic carbocycles. The average Bonchev–Trinajstić information content (AvgIpc) is 2.86. The van der Waals surface area contributed by atoms with E-state index in [9.17, 15) is 4.79 Å². The second-order valence-electron chi connectivity index (χ2n) is 5.44. The number of unbranched alkanes of at least 4 members (excludes halogenated alkanes) is 1. The van der Waals surface area contributed by atoms with Gasteiger partial charge in [0.1, 0.15) is 0 Å². The molecule has 0 saturated carbocycles. The number of carbonyl (C=O) groups excluding carboxylic acids is 1. The zero-order valence-corrected chi connectivity index (χ0v) is 12.3. The number of hydrogen-bond acceptors (Lipinski definition) is 3. The van der Waals surface area contributed by atoms with Gasteiger partial charge in [-0.05, 0) is 38.3 Å². The lowest BCUT2D eigenvalue weighted by Gasteiger charge is -2.11. The molecule has 2 rings (SSSR count). The summed E-state index contributed by atoms with van der Waals surface area (Å²) in [7, 11) is 0. The van der Waals surface area contributed by atoms with E-state index in [0.717, 1.165) is 37.2 Å². The van der Waals surface area contributed by atoms with E-state index >= 15 is 0 Å². The molecular weight excluding hydrogens is 252 g/mol. The molecule has 4 heteroatoms. The van der Waals surface area contributed by atoms with Crippen LogP contribution in [-0.4, -0.2) is 31.7 Å². The summed E-state index contributed by atoms with van der Waals surface area (Å²) in [5.74, 6) is 0.0605. The lowest BCUT2D eigenvalue weighted by Crippen LogP contribution is -2.31. The number of amides is 1. The van der Waals surface area contributed by atoms with Crippen LogP contribution in [0, 0.1) is 0 Å². The molecule has 4 nitrogen and oxygen atoms in total. The molecule has 1 atom stereocenters. The van der Waals surface area contributed by atoms with Crippen molar-refractivity contribution in [2.45, 2.75) is 38.7 Å². The zero-order valence-electron chi connectivity index (χ0n) is 12.3. The zero-order chi connectivity index (χ0) is 14.4. The van der Waals surface area contributed by atoms with Crippen LogP contribution in [0.25, 0.3) is 0 Å². The molecule has 1 aromatic carbocycles. The van der Waals surface area contributed by atoms with Gasteiger partial charge in [0.05, 0.1) is 12.0 Å². The summed E-state index contributed by atoms with van der Waals surface area (Å²) < 4.78 is 5.47. The van der Waals surface area contributed by atoms with Gasteiger partial charge >= 0.3 is 0 Å². The quantitative estimate of drug-likeness (QED) is 0.752. The van der Waals surface area contributed by atoms with Crippen LogP contribution in [0.4, 0.5) is 5.69 Å². The van der Waals surface area contributed by atoms with Gasteiger partial charge in [-0.1, -0.05) is 18.2 Å². The lowest BCUT2D eigenvalue weighted by molar-refractivity contribution is -0.122. The van der Waals surface area contributed by atoms with E-state index in [0.29, 0.717) is 6.54 Å². The van der Waals surface area contributed by atoms with Crippen LogP contribution < -0.4 is 10.6 Å². The molecule has 1 heterocycles. The van der Waals surface area contributed by atoms with E-state index in [-0.39, 0.29) is 17.9 Å². The second kappa shape index (κ2) is 7.29. The fraction of sp³-hybridized carbons (Fsp3) is 0.562. The number of fused-ring (bicyclic) bond motifs is 1. The number of hydrogen-bond donors (Lipinski definition) is 2. The fourth-order valence-electron chi connectivity index (χ4n) is 2.40. The van der Waals surface area contributed by atoms with Crippen LogP contribution in [-0.2, 0) is 9.53 Å². The molecule has 2 N–H and O–H groups in total. The third kappa shape index (κ3) is 3.97. The highest BCUT2D eigenvalue weighted by atomic mass is 16.5. The van der Waals surface area contributed by atoms with Gasteiger partial charge in [0, 0.05) is 25.4 Å². The minimum absolute atomic E-state index is 0.0573. The van der Waals surface area contributed by atoms with Crippen LogP contribution >= 0.6 is 0 Å². The number of nitrogens with one attached hydrogen (secondary N) is 2. The van der Waals surface area contributed by atoms with Crippen molar-refractivity contribution >= 4 is 11.6 Å². The van der Waals surface area contributed by atoms with Crippen molar-refractivity contribution in [2.24, 2.45) is 0 Å². The molecule has 0 aromatic heterocycles. The SMILES string of the molecule is CC(C)OCCCCNC(=O)C1CNc2ccccc21. The van der Waals surface area contributed by atoms with Gasteiger partial charge < -0.3 is 15.4 Å². The molecule has 0 saturated heterocycles. The standard InChI is InChI=1S/C16H24N2O2/c1-12(2)20-10-6-5-9-17-16(19)14-11-18-15-8-4-3-7-13(14)15/h3-4,7-8,12,14,18H,5-6,9-11H2,1-2H3,(H,17,19). The summed E-state index contributed by atoms with van der Waals surface area (Å²) in [4.78, 5) is 12.2. The molecule has 1 unspecified atom stereocenters. The van der Waals surface area contributed by atoms with Gasteiger partial charge in [-0.2, -0.15) is 0 Å². The highest BCUT2D eigenvalue weighted by Crippen LogP contribution is 2.30. The Labute approximate surface area is 120 Å². The number of ether oxygens (including phenoxy) is 1. The van der Waals surface area contributed by atoms with Gasteiger partial charge in [0.2, 0.25) is 5.91 Å². The van der Waals surface area contributed by atoms with Crippen LogP contribution in [0.2, 0.25) is 0 Å². The maximum atomic E-state index is 12.2. The molecule has 0 radical (unpaired) electrons. The first-order valence-corrected chi connectivity index (χ1v) is 7.40. The van der Waals surface area contributed by atoms with E-state index in [1.165, 1.54) is 0 Å². The van der Waals surface area contributed by atoms with E-state index in [2.05, 4.69) is 10.6 Å². The first kappa shape index (κ1) is 14.9. The molecule has 0 fully saturated rings. The minimum atomic E-state index is -0.0573. The average molecular weight is 276 g/mol. The first-order chi connectivity index (χ1) is 9.68. The van der Waals surface area contributed by atoms with Gasteiger partial charge in [0.15, 0.2) is 0 Å². The Balaban J connectivity index is 1.69. The van der Waals surface area contributed by atoms with Gasteiger partial charge in [-0.3, -0.25) is 4.79 Å². The Hall–Kier alpha value is -1.55. The Morgan fingerprint density at radius 1 is 1.40 bits per heavy atom. The third-order valence-corrected chi connectivity index (χ3v) is 3.47. The van der Waals surface area contributed by atoms with Crippen LogP contribution in [0.1, 0.15) is 38.2 Å². The molecule has 20 heavy (non-hydrogen) atoms. The maximum Gasteiger partial charge on any atom is 0.229 e. The molecular formula is C16H24N2O2. The number of rotatable bonds is 7. The van der Waals surface area contributed by atoms with Gasteiger partial charge in [-0.15, -0.1) is 0 Å². The summed E-state index contributed by atoms with van der Waals surface area (Å²) >= 11 is 0. The highest BCUT2D eigenvalue weighted by Gasteiger charge is 2.27. The van der Waals surface area contributed by atoms with Gasteiger partial charge in [0.25, 0.3) is 0 Å². The summed E-state index contributed by atoms with van der Waals surface area (Å²) in [5.41, 5.74) is 2.19. The highest BCUT2D eigenvalue weighted by molar-refractivity contribution is 5.88. The van der Waals surface area contributed by atoms with E-state index < -0.39 is 0 Å².